The van der Waals surface area contributed by atoms with E-state index in [0.29, 0.717) is 17.9 Å². The van der Waals surface area contributed by atoms with Crippen molar-refractivity contribution in [2.45, 2.75) is 12.5 Å². The van der Waals surface area contributed by atoms with E-state index < -0.39 is 25.9 Å². The molecule has 8 heteroatoms. The van der Waals surface area contributed by atoms with Gasteiger partial charge >= 0.3 is 0 Å². The van der Waals surface area contributed by atoms with Crippen LogP contribution in [0.1, 0.15) is 6.42 Å². The third-order valence-corrected chi connectivity index (χ3v) is 6.20. The summed E-state index contributed by atoms with van der Waals surface area (Å²) in [5.41, 5.74) is 0.454. The minimum Gasteiger partial charge on any atom is -0.497 e. The summed E-state index contributed by atoms with van der Waals surface area (Å²) in [5, 5.41) is 0. The van der Waals surface area contributed by atoms with Crippen molar-refractivity contribution in [2.24, 2.45) is 0 Å². The molecule has 0 radical (unpaired) electrons. The van der Waals surface area contributed by atoms with Crippen LogP contribution in [0.5, 0.6) is 5.75 Å². The summed E-state index contributed by atoms with van der Waals surface area (Å²) in [6.07, 6.45) is 1.41. The molecule has 1 aliphatic rings. The first-order valence-electron chi connectivity index (χ1n) is 6.07. The predicted octanol–water partition coefficient (Wildman–Crippen LogP) is 0.648. The fourth-order valence-corrected chi connectivity index (χ4v) is 5.38. The normalized spacial score (nSPS) is 21.6. The van der Waals surface area contributed by atoms with Gasteiger partial charge in [0.05, 0.1) is 36.6 Å². The Balaban J connectivity index is 2.38. The van der Waals surface area contributed by atoms with Crippen LogP contribution in [0.3, 0.4) is 0 Å². The number of sulfonamides is 1. The molecule has 1 fully saturated rings. The van der Waals surface area contributed by atoms with Gasteiger partial charge < -0.3 is 4.74 Å². The molecule has 0 spiro atoms. The molecule has 1 unspecified atom stereocenters. The Hall–Kier alpha value is -1.28. The van der Waals surface area contributed by atoms with Gasteiger partial charge in [-0.25, -0.2) is 16.8 Å². The second-order valence-corrected chi connectivity index (χ2v) is 8.90. The number of anilines is 1. The van der Waals surface area contributed by atoms with Gasteiger partial charge in [-0.3, -0.25) is 4.31 Å². The molecule has 1 atom stereocenters. The third kappa shape index (κ3) is 3.24. The van der Waals surface area contributed by atoms with E-state index in [2.05, 4.69) is 0 Å². The molecule has 20 heavy (non-hydrogen) atoms. The maximum atomic E-state index is 12.0. The average Bonchev–Trinajstić information content (AvgIpc) is 2.69. The third-order valence-electron chi connectivity index (χ3n) is 3.22. The minimum absolute atomic E-state index is 0.0276. The highest BCUT2D eigenvalue weighted by molar-refractivity contribution is 7.93. The Morgan fingerprint density at radius 1 is 1.25 bits per heavy atom. The summed E-state index contributed by atoms with van der Waals surface area (Å²) >= 11 is 0. The van der Waals surface area contributed by atoms with Crippen LogP contribution >= 0.6 is 0 Å². The molecular formula is C12H17NO5S2. The van der Waals surface area contributed by atoms with Crippen LogP contribution in [-0.4, -0.2) is 47.7 Å². The highest BCUT2D eigenvalue weighted by atomic mass is 32.2. The molecule has 1 aromatic carbocycles. The first kappa shape index (κ1) is 15.1. The number of sulfone groups is 1. The molecule has 0 N–H and O–H groups in total. The van der Waals surface area contributed by atoms with Crippen LogP contribution in [0.25, 0.3) is 0 Å². The van der Waals surface area contributed by atoms with Crippen molar-refractivity contribution in [3.8, 4) is 5.75 Å². The molecule has 0 amide bonds. The molecular weight excluding hydrogens is 302 g/mol. The van der Waals surface area contributed by atoms with Gasteiger partial charge in [0.1, 0.15) is 5.75 Å². The topological polar surface area (TPSA) is 80.8 Å². The number of benzene rings is 1. The molecule has 0 aliphatic carbocycles. The molecule has 112 valence electrons. The summed E-state index contributed by atoms with van der Waals surface area (Å²) in [6.45, 7) is 0. The Bertz CT molecular complexity index is 679. The Kier molecular flexibility index (Phi) is 3.97. The highest BCUT2D eigenvalue weighted by Crippen LogP contribution is 2.28. The lowest BCUT2D eigenvalue weighted by atomic mass is 10.2. The molecule has 2 rings (SSSR count). The summed E-state index contributed by atoms with van der Waals surface area (Å²) in [7, 11) is -5.17. The monoisotopic (exact) mass is 319 g/mol. The van der Waals surface area contributed by atoms with Crippen LogP contribution in [0.2, 0.25) is 0 Å². The van der Waals surface area contributed by atoms with E-state index in [0.717, 1.165) is 6.26 Å². The Morgan fingerprint density at radius 2 is 1.85 bits per heavy atom. The molecule has 1 saturated heterocycles. The first-order chi connectivity index (χ1) is 9.23. The average molecular weight is 319 g/mol. The quantitative estimate of drug-likeness (QED) is 0.814. The van der Waals surface area contributed by atoms with E-state index in [4.69, 9.17) is 4.74 Å². The van der Waals surface area contributed by atoms with Crippen molar-refractivity contribution >= 4 is 25.5 Å². The van der Waals surface area contributed by atoms with Gasteiger partial charge in [-0.15, -0.1) is 0 Å². The van der Waals surface area contributed by atoms with Gasteiger partial charge in [0.25, 0.3) is 0 Å². The zero-order valence-corrected chi connectivity index (χ0v) is 12.9. The number of nitrogens with zero attached hydrogens (tertiary/aromatic N) is 1. The Labute approximate surface area is 119 Å². The largest absolute Gasteiger partial charge is 0.497 e. The fraction of sp³-hybridized carbons (Fsp3) is 0.500. The Morgan fingerprint density at radius 3 is 2.25 bits per heavy atom. The first-order valence-corrected chi connectivity index (χ1v) is 9.74. The molecule has 0 aromatic heterocycles. The van der Waals surface area contributed by atoms with E-state index in [-0.39, 0.29) is 11.5 Å². The zero-order chi connectivity index (χ0) is 15.0. The predicted molar refractivity (Wildman–Crippen MR) is 77.4 cm³/mol. The summed E-state index contributed by atoms with van der Waals surface area (Å²) in [6, 6.07) is 5.99. The van der Waals surface area contributed by atoms with E-state index in [1.54, 1.807) is 24.3 Å². The van der Waals surface area contributed by atoms with Crippen molar-refractivity contribution in [1.82, 2.24) is 0 Å². The van der Waals surface area contributed by atoms with E-state index >= 15 is 0 Å². The molecule has 0 bridgehead atoms. The fourth-order valence-electron chi connectivity index (χ4n) is 2.36. The second-order valence-electron chi connectivity index (χ2n) is 4.81. The van der Waals surface area contributed by atoms with Crippen molar-refractivity contribution < 1.29 is 21.6 Å². The van der Waals surface area contributed by atoms with E-state index in [1.807, 2.05) is 0 Å². The van der Waals surface area contributed by atoms with Gasteiger partial charge in [0.2, 0.25) is 10.0 Å². The number of rotatable bonds is 4. The van der Waals surface area contributed by atoms with Gasteiger partial charge in [-0.05, 0) is 30.7 Å². The smallest absolute Gasteiger partial charge is 0.232 e. The number of hydrogen-bond donors (Lipinski definition) is 0. The van der Waals surface area contributed by atoms with E-state index in [9.17, 15) is 16.8 Å². The maximum absolute atomic E-state index is 12.0. The van der Waals surface area contributed by atoms with Crippen LogP contribution in [-0.2, 0) is 19.9 Å². The standard InChI is InChI=1S/C12H17NO5S2/c1-18-12-5-3-10(4-6-12)13(19(2,14)15)11-7-8-20(16,17)9-11/h3-6,11H,7-9H2,1-2H3. The summed E-state index contributed by atoms with van der Waals surface area (Å²) < 4.78 is 53.3. The van der Waals surface area contributed by atoms with Crippen molar-refractivity contribution in [2.75, 3.05) is 29.2 Å². The minimum atomic E-state index is -3.54. The molecule has 0 saturated carbocycles. The molecule has 1 heterocycles. The highest BCUT2D eigenvalue weighted by Gasteiger charge is 2.36. The molecule has 6 nitrogen and oxygen atoms in total. The number of ether oxygens (including phenoxy) is 1. The maximum Gasteiger partial charge on any atom is 0.232 e. The summed E-state index contributed by atoms with van der Waals surface area (Å²) in [4.78, 5) is 0. The van der Waals surface area contributed by atoms with Crippen LogP contribution < -0.4 is 9.04 Å². The number of methoxy groups -OCH3 is 1. The van der Waals surface area contributed by atoms with E-state index in [1.165, 1.54) is 11.4 Å². The van der Waals surface area contributed by atoms with Crippen molar-refractivity contribution in [1.29, 1.82) is 0 Å². The number of hydrogen-bond acceptors (Lipinski definition) is 5. The zero-order valence-electron chi connectivity index (χ0n) is 11.3. The van der Waals surface area contributed by atoms with Crippen molar-refractivity contribution in [3.05, 3.63) is 24.3 Å². The van der Waals surface area contributed by atoms with Crippen LogP contribution in [0.4, 0.5) is 5.69 Å². The lowest BCUT2D eigenvalue weighted by Gasteiger charge is -2.28. The van der Waals surface area contributed by atoms with Gasteiger partial charge in [0.15, 0.2) is 9.84 Å². The second kappa shape index (κ2) is 5.25. The lowest BCUT2D eigenvalue weighted by molar-refractivity contribution is 0.415. The van der Waals surface area contributed by atoms with Crippen molar-refractivity contribution in [3.63, 3.8) is 0 Å². The SMILES string of the molecule is COc1ccc(N(C2CCS(=O)(=O)C2)S(C)(=O)=O)cc1. The van der Waals surface area contributed by atoms with Crippen LogP contribution in [0.15, 0.2) is 24.3 Å². The summed E-state index contributed by atoms with van der Waals surface area (Å²) in [5.74, 6) is 0.507. The van der Waals surface area contributed by atoms with Crippen LogP contribution in [0, 0.1) is 0 Å². The lowest BCUT2D eigenvalue weighted by Crippen LogP contribution is -2.40. The molecule has 1 aliphatic heterocycles. The van der Waals surface area contributed by atoms with Gasteiger partial charge in [-0.1, -0.05) is 0 Å². The van der Waals surface area contributed by atoms with Gasteiger partial charge in [0, 0.05) is 0 Å². The van der Waals surface area contributed by atoms with Gasteiger partial charge in [-0.2, -0.15) is 0 Å². The molecule has 1 aromatic rings.